The molecule has 0 saturated carbocycles. The summed E-state index contributed by atoms with van der Waals surface area (Å²) in [6.45, 7) is 1.37. The zero-order valence-corrected chi connectivity index (χ0v) is 10.4. The molecule has 0 radical (unpaired) electrons. The van der Waals surface area contributed by atoms with Gasteiger partial charge >= 0.3 is 10.1 Å². The lowest BCUT2D eigenvalue weighted by Crippen LogP contribution is -2.23. The van der Waals surface area contributed by atoms with Crippen LogP contribution in [0.5, 0.6) is 5.75 Å². The average Bonchev–Trinajstić information content (AvgIpc) is 2.27. The van der Waals surface area contributed by atoms with E-state index in [1.807, 2.05) is 0 Å². The van der Waals surface area contributed by atoms with Crippen LogP contribution in [0, 0.1) is 0 Å². The molecule has 1 aromatic rings. The van der Waals surface area contributed by atoms with Gasteiger partial charge in [-0.2, -0.15) is 8.42 Å². The van der Waals surface area contributed by atoms with Gasteiger partial charge in [-0.15, -0.1) is 0 Å². The van der Waals surface area contributed by atoms with E-state index in [2.05, 4.69) is 0 Å². The monoisotopic (exact) mass is 272 g/mol. The van der Waals surface area contributed by atoms with E-state index in [4.69, 9.17) is 15.7 Å². The van der Waals surface area contributed by atoms with Crippen molar-refractivity contribution in [3.05, 3.63) is 29.3 Å². The summed E-state index contributed by atoms with van der Waals surface area (Å²) >= 11 is 0. The Balaban J connectivity index is 3.41. The lowest BCUT2D eigenvalue weighted by molar-refractivity contribution is 0.0966. The molecule has 7 nitrogen and oxygen atoms in total. The summed E-state index contributed by atoms with van der Waals surface area (Å²) in [5, 5.41) is 0. The fraction of sp³-hybridized carbons (Fsp3) is 0.200. The van der Waals surface area contributed by atoms with Gasteiger partial charge in [-0.05, 0) is 19.1 Å². The molecular weight excluding hydrogens is 260 g/mol. The van der Waals surface area contributed by atoms with Crippen LogP contribution in [0.3, 0.4) is 0 Å². The number of carbonyl (C=O) groups is 2. The Kier molecular flexibility index (Phi) is 3.92. The van der Waals surface area contributed by atoms with Crippen LogP contribution in [0.15, 0.2) is 18.2 Å². The topological polar surface area (TPSA) is 130 Å². The van der Waals surface area contributed by atoms with Crippen molar-refractivity contribution in [2.75, 3.05) is 5.75 Å². The molecule has 0 fully saturated rings. The lowest BCUT2D eigenvalue weighted by Gasteiger charge is -2.10. The van der Waals surface area contributed by atoms with Crippen LogP contribution in [-0.4, -0.2) is 26.0 Å². The van der Waals surface area contributed by atoms with Crippen molar-refractivity contribution in [1.29, 1.82) is 0 Å². The second-order valence-corrected chi connectivity index (χ2v) is 5.20. The molecule has 8 heteroatoms. The van der Waals surface area contributed by atoms with Crippen LogP contribution in [-0.2, 0) is 10.1 Å². The molecular formula is C10H12N2O5S. The maximum atomic E-state index is 11.3. The Morgan fingerprint density at radius 3 is 2.28 bits per heavy atom. The zero-order valence-electron chi connectivity index (χ0n) is 9.54. The SMILES string of the molecule is CCS(=O)(=O)Oc1cccc(C(N)=O)c1C(N)=O. The summed E-state index contributed by atoms with van der Waals surface area (Å²) < 4.78 is 27.4. The third-order valence-electron chi connectivity index (χ3n) is 2.11. The molecule has 1 rings (SSSR count). The maximum absolute atomic E-state index is 11.3. The fourth-order valence-electron chi connectivity index (χ4n) is 1.26. The molecule has 0 aromatic heterocycles. The largest absolute Gasteiger partial charge is 0.382 e. The third kappa shape index (κ3) is 2.98. The van der Waals surface area contributed by atoms with E-state index in [1.165, 1.54) is 25.1 Å². The standard InChI is InChI=1S/C10H12N2O5S/c1-2-18(15,16)17-7-5-3-4-6(9(11)13)8(7)10(12)14/h3-5H,2H2,1H3,(H2,11,13)(H2,12,14). The van der Waals surface area contributed by atoms with E-state index >= 15 is 0 Å². The van der Waals surface area contributed by atoms with Gasteiger partial charge in [0.05, 0.1) is 16.9 Å². The number of carbonyl (C=O) groups excluding carboxylic acids is 2. The Bertz CT molecular complexity index is 594. The first kappa shape index (κ1) is 14.0. The Morgan fingerprint density at radius 2 is 1.83 bits per heavy atom. The van der Waals surface area contributed by atoms with Crippen molar-refractivity contribution in [1.82, 2.24) is 0 Å². The van der Waals surface area contributed by atoms with Crippen LogP contribution >= 0.6 is 0 Å². The molecule has 4 N–H and O–H groups in total. The molecule has 0 unspecified atom stereocenters. The predicted octanol–water partition coefficient (Wildman–Crippen LogP) is -0.387. The van der Waals surface area contributed by atoms with Crippen molar-refractivity contribution in [2.45, 2.75) is 6.92 Å². The van der Waals surface area contributed by atoms with Gasteiger partial charge in [-0.1, -0.05) is 6.07 Å². The first-order chi connectivity index (χ1) is 8.28. The van der Waals surface area contributed by atoms with Crippen LogP contribution in [0.2, 0.25) is 0 Å². The third-order valence-corrected chi connectivity index (χ3v) is 3.25. The number of nitrogens with two attached hydrogens (primary N) is 2. The molecule has 0 atom stereocenters. The molecule has 0 saturated heterocycles. The second-order valence-electron chi connectivity index (χ2n) is 3.34. The predicted molar refractivity (Wildman–Crippen MR) is 63.6 cm³/mol. The summed E-state index contributed by atoms with van der Waals surface area (Å²) in [5.41, 5.74) is 9.62. The van der Waals surface area contributed by atoms with Crippen LogP contribution < -0.4 is 15.7 Å². The normalized spacial score (nSPS) is 10.9. The Morgan fingerprint density at radius 1 is 1.22 bits per heavy atom. The van der Waals surface area contributed by atoms with Gasteiger partial charge in [-0.3, -0.25) is 9.59 Å². The highest BCUT2D eigenvalue weighted by molar-refractivity contribution is 7.87. The molecule has 0 aliphatic rings. The van der Waals surface area contributed by atoms with Gasteiger partial charge in [0.2, 0.25) is 5.91 Å². The minimum Gasteiger partial charge on any atom is -0.382 e. The molecule has 2 amide bonds. The number of hydrogen-bond donors (Lipinski definition) is 2. The molecule has 0 bridgehead atoms. The molecule has 0 aliphatic carbocycles. The number of rotatable bonds is 5. The molecule has 1 aromatic carbocycles. The molecule has 0 aliphatic heterocycles. The second kappa shape index (κ2) is 5.05. The van der Waals surface area contributed by atoms with Gasteiger partial charge < -0.3 is 15.7 Å². The van der Waals surface area contributed by atoms with E-state index < -0.39 is 21.9 Å². The molecule has 98 valence electrons. The fourth-order valence-corrected chi connectivity index (χ4v) is 1.79. The van der Waals surface area contributed by atoms with Crippen molar-refractivity contribution < 1.29 is 22.2 Å². The summed E-state index contributed by atoms with van der Waals surface area (Å²) in [4.78, 5) is 22.4. The smallest absolute Gasteiger partial charge is 0.308 e. The number of hydrogen-bond acceptors (Lipinski definition) is 5. The highest BCUT2D eigenvalue weighted by Gasteiger charge is 2.21. The molecule has 0 heterocycles. The van der Waals surface area contributed by atoms with Crippen LogP contribution in [0.4, 0.5) is 0 Å². The van der Waals surface area contributed by atoms with E-state index in [1.54, 1.807) is 0 Å². The van der Waals surface area contributed by atoms with Gasteiger partial charge in [0.1, 0.15) is 0 Å². The minimum absolute atomic E-state index is 0.189. The van der Waals surface area contributed by atoms with Gasteiger partial charge in [-0.25, -0.2) is 0 Å². The summed E-state index contributed by atoms with van der Waals surface area (Å²) in [7, 11) is -3.83. The quantitative estimate of drug-likeness (QED) is 0.705. The van der Waals surface area contributed by atoms with E-state index in [0.717, 1.165) is 0 Å². The summed E-state index contributed by atoms with van der Waals surface area (Å²) in [6.07, 6.45) is 0. The van der Waals surface area contributed by atoms with Crippen molar-refractivity contribution in [3.8, 4) is 5.75 Å². The summed E-state index contributed by atoms with van der Waals surface area (Å²) in [5.74, 6) is -2.49. The van der Waals surface area contributed by atoms with Gasteiger partial charge in [0.15, 0.2) is 5.75 Å². The number of benzene rings is 1. The number of primary amides is 2. The van der Waals surface area contributed by atoms with Crippen molar-refractivity contribution in [3.63, 3.8) is 0 Å². The zero-order chi connectivity index (χ0) is 13.9. The minimum atomic E-state index is -3.83. The summed E-state index contributed by atoms with van der Waals surface area (Å²) in [6, 6.07) is 3.82. The Hall–Kier alpha value is -2.09. The average molecular weight is 272 g/mol. The lowest BCUT2D eigenvalue weighted by atomic mass is 10.1. The van der Waals surface area contributed by atoms with Crippen LogP contribution in [0.1, 0.15) is 27.6 Å². The molecule has 18 heavy (non-hydrogen) atoms. The highest BCUT2D eigenvalue weighted by atomic mass is 32.2. The van der Waals surface area contributed by atoms with E-state index in [0.29, 0.717) is 0 Å². The number of amides is 2. The van der Waals surface area contributed by atoms with E-state index in [9.17, 15) is 18.0 Å². The van der Waals surface area contributed by atoms with Gasteiger partial charge in [0, 0.05) is 0 Å². The first-order valence-corrected chi connectivity index (χ1v) is 6.51. The van der Waals surface area contributed by atoms with Crippen molar-refractivity contribution in [2.24, 2.45) is 11.5 Å². The highest BCUT2D eigenvalue weighted by Crippen LogP contribution is 2.23. The maximum Gasteiger partial charge on any atom is 0.308 e. The Labute approximate surface area is 104 Å². The van der Waals surface area contributed by atoms with E-state index in [-0.39, 0.29) is 22.6 Å². The first-order valence-electron chi connectivity index (χ1n) is 4.93. The molecule has 0 spiro atoms. The van der Waals surface area contributed by atoms with Gasteiger partial charge in [0.25, 0.3) is 5.91 Å². The van der Waals surface area contributed by atoms with Crippen LogP contribution in [0.25, 0.3) is 0 Å². The van der Waals surface area contributed by atoms with Crippen molar-refractivity contribution >= 4 is 21.9 Å².